The summed E-state index contributed by atoms with van der Waals surface area (Å²) in [6, 6.07) is 0.559. The SMILES string of the molecule is CCNC(=NCc1csc(C(C)C)n1)NC1CCCC(C)C1.I. The molecule has 6 heteroatoms. The lowest BCUT2D eigenvalue weighted by molar-refractivity contribution is 0.324. The molecular formula is C17H31IN4S. The number of guanidine groups is 1. The quantitative estimate of drug-likeness (QED) is 0.394. The number of hydrogen-bond acceptors (Lipinski definition) is 3. The molecule has 0 amide bonds. The minimum atomic E-state index is 0. The minimum absolute atomic E-state index is 0. The van der Waals surface area contributed by atoms with Gasteiger partial charge in [0, 0.05) is 23.9 Å². The molecule has 2 N–H and O–H groups in total. The summed E-state index contributed by atoms with van der Waals surface area (Å²) in [4.78, 5) is 9.37. The summed E-state index contributed by atoms with van der Waals surface area (Å²) in [6.45, 7) is 10.4. The van der Waals surface area contributed by atoms with Crippen molar-refractivity contribution in [3.05, 3.63) is 16.1 Å². The van der Waals surface area contributed by atoms with Crippen LogP contribution in [0.5, 0.6) is 0 Å². The molecule has 2 unspecified atom stereocenters. The van der Waals surface area contributed by atoms with E-state index in [1.165, 1.54) is 30.7 Å². The zero-order valence-electron chi connectivity index (χ0n) is 14.8. The van der Waals surface area contributed by atoms with Gasteiger partial charge in [0.15, 0.2) is 5.96 Å². The van der Waals surface area contributed by atoms with E-state index in [-0.39, 0.29) is 24.0 Å². The molecule has 0 aliphatic heterocycles. The predicted octanol–water partition coefficient (Wildman–Crippen LogP) is 4.52. The topological polar surface area (TPSA) is 49.3 Å². The van der Waals surface area contributed by atoms with Gasteiger partial charge in [-0.05, 0) is 25.7 Å². The summed E-state index contributed by atoms with van der Waals surface area (Å²) in [6.07, 6.45) is 5.19. The van der Waals surface area contributed by atoms with E-state index in [0.717, 1.165) is 24.1 Å². The largest absolute Gasteiger partial charge is 0.357 e. The Morgan fingerprint density at radius 2 is 2.22 bits per heavy atom. The Morgan fingerprint density at radius 3 is 2.83 bits per heavy atom. The smallest absolute Gasteiger partial charge is 0.191 e. The van der Waals surface area contributed by atoms with Gasteiger partial charge in [-0.15, -0.1) is 35.3 Å². The molecular weight excluding hydrogens is 419 g/mol. The molecule has 132 valence electrons. The maximum Gasteiger partial charge on any atom is 0.191 e. The number of hydrogen-bond donors (Lipinski definition) is 2. The fraction of sp³-hybridized carbons (Fsp3) is 0.765. The van der Waals surface area contributed by atoms with Gasteiger partial charge in [-0.1, -0.05) is 33.6 Å². The van der Waals surface area contributed by atoms with Gasteiger partial charge in [-0.25, -0.2) is 9.98 Å². The van der Waals surface area contributed by atoms with Crippen molar-refractivity contribution in [2.45, 2.75) is 71.9 Å². The fourth-order valence-corrected chi connectivity index (χ4v) is 3.73. The van der Waals surface area contributed by atoms with Crippen LogP contribution in [-0.4, -0.2) is 23.5 Å². The highest BCUT2D eigenvalue weighted by Crippen LogP contribution is 2.23. The monoisotopic (exact) mass is 450 g/mol. The van der Waals surface area contributed by atoms with Crippen LogP contribution in [0.3, 0.4) is 0 Å². The van der Waals surface area contributed by atoms with E-state index in [1.807, 2.05) is 0 Å². The summed E-state index contributed by atoms with van der Waals surface area (Å²) in [5.41, 5.74) is 1.07. The second kappa shape index (κ2) is 10.5. The van der Waals surface area contributed by atoms with E-state index in [9.17, 15) is 0 Å². The minimum Gasteiger partial charge on any atom is -0.357 e. The van der Waals surface area contributed by atoms with Crippen LogP contribution in [-0.2, 0) is 6.54 Å². The van der Waals surface area contributed by atoms with Crippen molar-refractivity contribution in [1.82, 2.24) is 15.6 Å². The molecule has 4 nitrogen and oxygen atoms in total. The first-order valence-corrected chi connectivity index (χ1v) is 9.45. The Labute approximate surface area is 162 Å². The van der Waals surface area contributed by atoms with Crippen molar-refractivity contribution in [3.63, 3.8) is 0 Å². The third kappa shape index (κ3) is 6.95. The lowest BCUT2D eigenvalue weighted by atomic mass is 9.87. The highest BCUT2D eigenvalue weighted by atomic mass is 127. The van der Waals surface area contributed by atoms with Crippen molar-refractivity contribution in [1.29, 1.82) is 0 Å². The third-order valence-electron chi connectivity index (χ3n) is 4.08. The lowest BCUT2D eigenvalue weighted by Gasteiger charge is -2.28. The molecule has 2 rings (SSSR count). The van der Waals surface area contributed by atoms with Crippen LogP contribution in [0.2, 0.25) is 0 Å². The summed E-state index contributed by atoms with van der Waals surface area (Å²) >= 11 is 1.74. The number of nitrogens with zero attached hydrogens (tertiary/aromatic N) is 2. The second-order valence-corrected chi connectivity index (χ2v) is 7.53. The number of halogens is 1. The lowest BCUT2D eigenvalue weighted by Crippen LogP contribution is -2.45. The summed E-state index contributed by atoms with van der Waals surface area (Å²) in [7, 11) is 0. The number of rotatable bonds is 5. The number of aromatic nitrogens is 1. The van der Waals surface area contributed by atoms with Crippen LogP contribution in [0, 0.1) is 5.92 Å². The molecule has 1 fully saturated rings. The molecule has 0 spiro atoms. The molecule has 2 atom stereocenters. The van der Waals surface area contributed by atoms with Gasteiger partial charge < -0.3 is 10.6 Å². The van der Waals surface area contributed by atoms with Crippen molar-refractivity contribution in [2.75, 3.05) is 6.54 Å². The van der Waals surface area contributed by atoms with Crippen LogP contribution >= 0.6 is 35.3 Å². The molecule has 1 aliphatic carbocycles. The summed E-state index contributed by atoms with van der Waals surface area (Å²) < 4.78 is 0. The van der Waals surface area contributed by atoms with Crippen molar-refractivity contribution >= 4 is 41.3 Å². The number of nitrogens with one attached hydrogen (secondary N) is 2. The zero-order chi connectivity index (χ0) is 15.9. The van der Waals surface area contributed by atoms with Gasteiger partial charge in [-0.3, -0.25) is 0 Å². The van der Waals surface area contributed by atoms with Gasteiger partial charge in [0.05, 0.1) is 17.2 Å². The molecule has 1 aromatic heterocycles. The van der Waals surface area contributed by atoms with Crippen LogP contribution < -0.4 is 10.6 Å². The Hall–Kier alpha value is -0.370. The van der Waals surface area contributed by atoms with Crippen molar-refractivity contribution < 1.29 is 0 Å². The normalized spacial score (nSPS) is 21.9. The Kier molecular flexibility index (Phi) is 9.43. The van der Waals surface area contributed by atoms with E-state index < -0.39 is 0 Å². The Balaban J connectivity index is 0.00000264. The van der Waals surface area contributed by atoms with Gasteiger partial charge >= 0.3 is 0 Å². The average Bonchev–Trinajstić information content (AvgIpc) is 2.94. The number of aliphatic imine (C=N–C) groups is 1. The van der Waals surface area contributed by atoms with Gasteiger partial charge in [-0.2, -0.15) is 0 Å². The summed E-state index contributed by atoms with van der Waals surface area (Å²) in [5.74, 6) is 2.25. The fourth-order valence-electron chi connectivity index (χ4n) is 2.90. The first-order valence-electron chi connectivity index (χ1n) is 8.57. The molecule has 1 saturated carbocycles. The zero-order valence-corrected chi connectivity index (χ0v) is 17.9. The van der Waals surface area contributed by atoms with E-state index >= 15 is 0 Å². The van der Waals surface area contributed by atoms with Gasteiger partial charge in [0.2, 0.25) is 0 Å². The van der Waals surface area contributed by atoms with Crippen LogP contribution in [0.4, 0.5) is 0 Å². The molecule has 0 bridgehead atoms. The Bertz CT molecular complexity index is 487. The maximum absolute atomic E-state index is 4.71. The van der Waals surface area contributed by atoms with Crippen LogP contribution in [0.15, 0.2) is 10.4 Å². The molecule has 1 heterocycles. The van der Waals surface area contributed by atoms with Gasteiger partial charge in [0.1, 0.15) is 0 Å². The highest BCUT2D eigenvalue weighted by molar-refractivity contribution is 14.0. The molecule has 1 aliphatic rings. The van der Waals surface area contributed by atoms with Crippen LogP contribution in [0.1, 0.15) is 70.0 Å². The molecule has 23 heavy (non-hydrogen) atoms. The molecule has 0 saturated heterocycles. The predicted molar refractivity (Wildman–Crippen MR) is 111 cm³/mol. The second-order valence-electron chi connectivity index (χ2n) is 6.64. The molecule has 0 radical (unpaired) electrons. The van der Waals surface area contributed by atoms with Crippen molar-refractivity contribution in [3.8, 4) is 0 Å². The van der Waals surface area contributed by atoms with Crippen molar-refractivity contribution in [2.24, 2.45) is 10.9 Å². The van der Waals surface area contributed by atoms with E-state index in [1.54, 1.807) is 11.3 Å². The molecule has 1 aromatic rings. The average molecular weight is 450 g/mol. The maximum atomic E-state index is 4.71. The number of thiazole rings is 1. The van der Waals surface area contributed by atoms with Gasteiger partial charge in [0.25, 0.3) is 0 Å². The first kappa shape index (κ1) is 20.7. The van der Waals surface area contributed by atoms with E-state index in [2.05, 4.69) is 48.7 Å². The third-order valence-corrected chi connectivity index (χ3v) is 5.28. The highest BCUT2D eigenvalue weighted by Gasteiger charge is 2.19. The Morgan fingerprint density at radius 1 is 1.43 bits per heavy atom. The first-order chi connectivity index (χ1) is 10.6. The molecule has 0 aromatic carbocycles. The standard InChI is InChI=1S/C17H30N4S.HI/c1-5-18-17(21-14-8-6-7-13(4)9-14)19-10-15-11-22-16(20-15)12(2)3;/h11-14H,5-10H2,1-4H3,(H2,18,19,21);1H. The summed E-state index contributed by atoms with van der Waals surface area (Å²) in [5, 5.41) is 10.3. The van der Waals surface area contributed by atoms with Crippen LogP contribution in [0.25, 0.3) is 0 Å². The van der Waals surface area contributed by atoms with E-state index in [0.29, 0.717) is 18.5 Å². The van der Waals surface area contributed by atoms with E-state index in [4.69, 9.17) is 4.99 Å².